The van der Waals surface area contributed by atoms with Crippen LogP contribution in [-0.4, -0.2) is 16.1 Å². The fourth-order valence-electron chi connectivity index (χ4n) is 3.23. The fourth-order valence-corrected chi connectivity index (χ4v) is 3.23. The van der Waals surface area contributed by atoms with Gasteiger partial charge in [0.1, 0.15) is 23.7 Å². The number of fused-ring (bicyclic) bond motifs is 1. The average molecular weight is 388 g/mol. The Morgan fingerprint density at radius 1 is 1.07 bits per heavy atom. The van der Waals surface area contributed by atoms with Crippen molar-refractivity contribution in [3.63, 3.8) is 0 Å². The van der Waals surface area contributed by atoms with Crippen molar-refractivity contribution in [2.24, 2.45) is 5.73 Å². The Hall–Kier alpha value is -3.64. The molecule has 2 heterocycles. The molecule has 0 unspecified atom stereocenters. The largest absolute Gasteiger partial charge is 0.488 e. The monoisotopic (exact) mass is 388 g/mol. The van der Waals surface area contributed by atoms with Gasteiger partial charge < -0.3 is 20.0 Å². The lowest BCUT2D eigenvalue weighted by Crippen LogP contribution is -2.05. The zero-order chi connectivity index (χ0) is 20.2. The van der Waals surface area contributed by atoms with Crippen LogP contribution in [0.5, 0.6) is 5.75 Å². The Morgan fingerprint density at radius 3 is 2.69 bits per heavy atom. The molecule has 0 aliphatic rings. The van der Waals surface area contributed by atoms with Gasteiger partial charge in [0.2, 0.25) is 0 Å². The molecule has 0 amide bonds. The van der Waals surface area contributed by atoms with Crippen LogP contribution in [0, 0.1) is 0 Å². The third kappa shape index (κ3) is 4.12. The van der Waals surface area contributed by atoms with Crippen molar-refractivity contribution >= 4 is 16.9 Å². The van der Waals surface area contributed by atoms with Crippen molar-refractivity contribution in [2.75, 3.05) is 0 Å². The molecule has 3 N–H and O–H groups in total. The first-order chi connectivity index (χ1) is 14.1. The number of carbonyl (C=O) groups is 1. The zero-order valence-corrected chi connectivity index (χ0v) is 15.7. The Bertz CT molecular complexity index is 1170. The van der Waals surface area contributed by atoms with Gasteiger partial charge in [-0.1, -0.05) is 30.3 Å². The molecule has 0 aliphatic carbocycles. The van der Waals surface area contributed by atoms with E-state index in [4.69, 9.17) is 20.0 Å². The van der Waals surface area contributed by atoms with Crippen LogP contribution in [-0.2, 0) is 24.4 Å². The number of aromatic nitrogens is 1. The third-order valence-corrected chi connectivity index (χ3v) is 4.67. The highest BCUT2D eigenvalue weighted by molar-refractivity contribution is 5.88. The van der Waals surface area contributed by atoms with Gasteiger partial charge in [0.05, 0.1) is 17.5 Å². The lowest BCUT2D eigenvalue weighted by molar-refractivity contribution is -0.136. The van der Waals surface area contributed by atoms with E-state index in [9.17, 15) is 4.79 Å². The zero-order valence-electron chi connectivity index (χ0n) is 15.7. The quantitative estimate of drug-likeness (QED) is 0.493. The van der Waals surface area contributed by atoms with Crippen molar-refractivity contribution in [3.05, 3.63) is 83.7 Å². The summed E-state index contributed by atoms with van der Waals surface area (Å²) in [6.07, 6.45) is 1.67. The molecule has 4 rings (SSSR count). The van der Waals surface area contributed by atoms with Gasteiger partial charge in [-0.25, -0.2) is 0 Å². The van der Waals surface area contributed by atoms with E-state index in [2.05, 4.69) is 4.98 Å². The minimum absolute atomic E-state index is 0.0366. The number of furan rings is 1. The first kappa shape index (κ1) is 18.7. The Morgan fingerprint density at radius 2 is 1.90 bits per heavy atom. The van der Waals surface area contributed by atoms with Crippen LogP contribution in [0.4, 0.5) is 0 Å². The minimum Gasteiger partial charge on any atom is -0.488 e. The SMILES string of the molecule is NCc1cc(-c2cc3c(OCc4ccccc4CC(=O)O)cccc3o2)ccn1. The molecule has 2 aromatic heterocycles. The molecule has 0 bridgehead atoms. The van der Waals surface area contributed by atoms with Crippen LogP contribution >= 0.6 is 0 Å². The highest BCUT2D eigenvalue weighted by Gasteiger charge is 2.12. The number of rotatable bonds is 7. The maximum atomic E-state index is 11.1. The summed E-state index contributed by atoms with van der Waals surface area (Å²) in [5.41, 5.74) is 9.66. The number of hydrogen-bond acceptors (Lipinski definition) is 5. The van der Waals surface area contributed by atoms with E-state index in [1.807, 2.05) is 60.7 Å². The van der Waals surface area contributed by atoms with Crippen LogP contribution < -0.4 is 10.5 Å². The van der Waals surface area contributed by atoms with E-state index in [0.717, 1.165) is 27.8 Å². The molecule has 0 fully saturated rings. The van der Waals surface area contributed by atoms with Crippen LogP contribution in [0.25, 0.3) is 22.3 Å². The van der Waals surface area contributed by atoms with Gasteiger partial charge in [-0.2, -0.15) is 0 Å². The maximum absolute atomic E-state index is 11.1. The molecule has 6 heteroatoms. The maximum Gasteiger partial charge on any atom is 0.307 e. The summed E-state index contributed by atoms with van der Waals surface area (Å²) < 4.78 is 12.0. The van der Waals surface area contributed by atoms with Crippen LogP contribution in [0.1, 0.15) is 16.8 Å². The summed E-state index contributed by atoms with van der Waals surface area (Å²) >= 11 is 0. The molecule has 0 aliphatic heterocycles. The van der Waals surface area contributed by atoms with Crippen molar-refractivity contribution < 1.29 is 19.1 Å². The molecule has 6 nitrogen and oxygen atoms in total. The Balaban J connectivity index is 1.62. The smallest absolute Gasteiger partial charge is 0.307 e. The molecular weight excluding hydrogens is 368 g/mol. The summed E-state index contributed by atoms with van der Waals surface area (Å²) in [5, 5.41) is 9.95. The molecular formula is C23H20N2O4. The van der Waals surface area contributed by atoms with Gasteiger partial charge in [-0.15, -0.1) is 0 Å². The molecule has 0 radical (unpaired) electrons. The van der Waals surface area contributed by atoms with Crippen LogP contribution in [0.2, 0.25) is 0 Å². The first-order valence-corrected chi connectivity index (χ1v) is 9.23. The molecule has 29 heavy (non-hydrogen) atoms. The lowest BCUT2D eigenvalue weighted by atomic mass is 10.1. The van der Waals surface area contributed by atoms with E-state index in [0.29, 0.717) is 23.6 Å². The van der Waals surface area contributed by atoms with Crippen molar-refractivity contribution in [3.8, 4) is 17.1 Å². The number of hydrogen-bond donors (Lipinski definition) is 2. The Kier molecular flexibility index (Phi) is 5.27. The molecule has 2 aromatic carbocycles. The molecule has 0 atom stereocenters. The van der Waals surface area contributed by atoms with Crippen LogP contribution in [0.3, 0.4) is 0 Å². The van der Waals surface area contributed by atoms with Gasteiger partial charge in [0.25, 0.3) is 0 Å². The number of benzene rings is 2. The molecule has 0 saturated heterocycles. The van der Waals surface area contributed by atoms with Gasteiger partial charge >= 0.3 is 5.97 Å². The van der Waals surface area contributed by atoms with Crippen molar-refractivity contribution in [2.45, 2.75) is 19.6 Å². The number of ether oxygens (including phenoxy) is 1. The van der Waals surface area contributed by atoms with Gasteiger partial charge in [0, 0.05) is 18.3 Å². The van der Waals surface area contributed by atoms with Gasteiger partial charge in [0.15, 0.2) is 0 Å². The second-order valence-corrected chi connectivity index (χ2v) is 6.65. The molecule has 0 saturated carbocycles. The van der Waals surface area contributed by atoms with E-state index in [-0.39, 0.29) is 13.0 Å². The summed E-state index contributed by atoms with van der Waals surface area (Å²) in [4.78, 5) is 15.3. The van der Waals surface area contributed by atoms with Crippen molar-refractivity contribution in [1.29, 1.82) is 0 Å². The van der Waals surface area contributed by atoms with Gasteiger partial charge in [-0.05, 0) is 41.5 Å². The summed E-state index contributed by atoms with van der Waals surface area (Å²) in [6.45, 7) is 0.633. The highest BCUT2D eigenvalue weighted by atomic mass is 16.5. The summed E-state index contributed by atoms with van der Waals surface area (Å²) in [6, 6.07) is 18.7. The summed E-state index contributed by atoms with van der Waals surface area (Å²) in [7, 11) is 0. The second kappa shape index (κ2) is 8.16. The van der Waals surface area contributed by atoms with Crippen molar-refractivity contribution in [1.82, 2.24) is 4.98 Å². The normalized spacial score (nSPS) is 10.9. The standard InChI is InChI=1S/C23H20N2O4/c24-13-18-10-16(8-9-25-18)22-12-19-20(6-3-7-21(19)29-22)28-14-17-5-2-1-4-15(17)11-23(26)27/h1-10,12H,11,13-14,24H2,(H,26,27). The third-order valence-electron chi connectivity index (χ3n) is 4.67. The van der Waals surface area contributed by atoms with E-state index in [1.54, 1.807) is 6.20 Å². The highest BCUT2D eigenvalue weighted by Crippen LogP contribution is 2.34. The topological polar surface area (TPSA) is 98.6 Å². The number of nitrogens with zero attached hydrogens (tertiary/aromatic N) is 1. The minimum atomic E-state index is -0.867. The number of aliphatic carboxylic acids is 1. The average Bonchev–Trinajstić information content (AvgIpc) is 3.18. The molecule has 4 aromatic rings. The van der Waals surface area contributed by atoms with E-state index >= 15 is 0 Å². The number of nitrogens with two attached hydrogens (primary N) is 1. The predicted octanol–water partition coefficient (Wildman–Crippen LogP) is 4.16. The number of carboxylic acids is 1. The lowest BCUT2D eigenvalue weighted by Gasteiger charge is -2.10. The summed E-state index contributed by atoms with van der Waals surface area (Å²) in [5.74, 6) is 0.517. The first-order valence-electron chi connectivity index (χ1n) is 9.23. The van der Waals surface area contributed by atoms with E-state index < -0.39 is 5.97 Å². The number of pyridine rings is 1. The Labute approximate surface area is 167 Å². The number of carboxylic acid groups (broad SMARTS) is 1. The van der Waals surface area contributed by atoms with Crippen LogP contribution in [0.15, 0.2) is 71.3 Å². The molecule has 0 spiro atoms. The second-order valence-electron chi connectivity index (χ2n) is 6.65. The molecule has 146 valence electrons. The van der Waals surface area contributed by atoms with Gasteiger partial charge in [-0.3, -0.25) is 9.78 Å². The fraction of sp³-hybridized carbons (Fsp3) is 0.130. The predicted molar refractivity (Wildman–Crippen MR) is 109 cm³/mol. The van der Waals surface area contributed by atoms with E-state index in [1.165, 1.54) is 0 Å².